The molecule has 0 atom stereocenters. The number of aromatic nitrogens is 1. The van der Waals surface area contributed by atoms with Crippen LogP contribution in [0.1, 0.15) is 39.2 Å². The molecule has 3 aromatic rings. The maximum Gasteiger partial charge on any atom is 0.253 e. The molecule has 4 rings (SSSR count). The van der Waals surface area contributed by atoms with Crippen molar-refractivity contribution in [1.82, 2.24) is 9.88 Å². The lowest BCUT2D eigenvalue weighted by Crippen LogP contribution is -2.41. The molecule has 0 unspecified atom stereocenters. The number of likely N-dealkylation sites (tertiary alicyclic amines) is 1. The summed E-state index contributed by atoms with van der Waals surface area (Å²) in [7, 11) is 0. The number of rotatable bonds is 5. The van der Waals surface area contributed by atoms with Crippen LogP contribution in [-0.2, 0) is 11.2 Å². The third kappa shape index (κ3) is 5.35. The molecule has 1 fully saturated rings. The molecule has 2 heterocycles. The van der Waals surface area contributed by atoms with Gasteiger partial charge in [0.1, 0.15) is 5.82 Å². The first-order valence-electron chi connectivity index (χ1n) is 10.3. The number of halogens is 1. The summed E-state index contributed by atoms with van der Waals surface area (Å²) < 4.78 is 13.1. The first kappa shape index (κ1) is 21.2. The highest BCUT2D eigenvalue weighted by atomic mass is 32.1. The van der Waals surface area contributed by atoms with Crippen LogP contribution in [0.2, 0.25) is 0 Å². The van der Waals surface area contributed by atoms with Crippen LogP contribution in [-0.4, -0.2) is 34.8 Å². The fourth-order valence-electron chi connectivity index (χ4n) is 3.68. The minimum absolute atomic E-state index is 0.0508. The Morgan fingerprint density at radius 1 is 1.10 bits per heavy atom. The van der Waals surface area contributed by atoms with Crippen LogP contribution in [0, 0.1) is 18.7 Å². The van der Waals surface area contributed by atoms with Gasteiger partial charge in [-0.25, -0.2) is 9.37 Å². The Bertz CT molecular complexity index is 1060. The van der Waals surface area contributed by atoms with E-state index in [4.69, 9.17) is 0 Å². The molecule has 0 bridgehead atoms. The first-order valence-corrected chi connectivity index (χ1v) is 11.2. The maximum atomic E-state index is 13.1. The van der Waals surface area contributed by atoms with E-state index in [1.165, 1.54) is 46.7 Å². The minimum Gasteiger partial charge on any atom is -0.339 e. The molecular weight excluding hydrogens is 413 g/mol. The molecule has 0 aliphatic carbocycles. The zero-order valence-corrected chi connectivity index (χ0v) is 18.1. The lowest BCUT2D eigenvalue weighted by Gasteiger charge is -2.31. The van der Waals surface area contributed by atoms with Crippen molar-refractivity contribution in [2.75, 3.05) is 18.4 Å². The van der Waals surface area contributed by atoms with Crippen LogP contribution < -0.4 is 5.32 Å². The minimum atomic E-state index is -0.365. The van der Waals surface area contributed by atoms with E-state index in [0.29, 0.717) is 36.6 Å². The van der Waals surface area contributed by atoms with Crippen molar-refractivity contribution < 1.29 is 14.0 Å². The standard InChI is InChI=1S/C24H24FN3O2S/c1-16-2-4-17(5-3-16)14-21-15-26-24(31-21)27-22(29)18-10-12-28(13-11-18)23(30)19-6-8-20(25)9-7-19/h2-9,15,18H,10-14H2,1H3,(H,26,27,29). The Morgan fingerprint density at radius 3 is 2.45 bits per heavy atom. The molecule has 0 radical (unpaired) electrons. The van der Waals surface area contributed by atoms with E-state index >= 15 is 0 Å². The fourth-order valence-corrected chi connectivity index (χ4v) is 4.53. The zero-order valence-electron chi connectivity index (χ0n) is 17.3. The number of carbonyl (C=O) groups excluding carboxylic acids is 2. The summed E-state index contributed by atoms with van der Waals surface area (Å²) in [5.74, 6) is -0.692. The van der Waals surface area contributed by atoms with Gasteiger partial charge >= 0.3 is 0 Å². The number of carbonyl (C=O) groups is 2. The lowest BCUT2D eigenvalue weighted by molar-refractivity contribution is -0.121. The smallest absolute Gasteiger partial charge is 0.253 e. The Balaban J connectivity index is 1.28. The van der Waals surface area contributed by atoms with Crippen LogP contribution in [0.4, 0.5) is 9.52 Å². The van der Waals surface area contributed by atoms with Crippen molar-refractivity contribution in [1.29, 1.82) is 0 Å². The summed E-state index contributed by atoms with van der Waals surface area (Å²) in [6.45, 7) is 3.07. The normalized spacial score (nSPS) is 14.5. The highest BCUT2D eigenvalue weighted by Crippen LogP contribution is 2.25. The number of anilines is 1. The molecule has 7 heteroatoms. The highest BCUT2D eigenvalue weighted by molar-refractivity contribution is 7.15. The van der Waals surface area contributed by atoms with Gasteiger partial charge < -0.3 is 10.2 Å². The summed E-state index contributed by atoms with van der Waals surface area (Å²) in [6.07, 6.45) is 3.79. The number of piperidine rings is 1. The topological polar surface area (TPSA) is 62.3 Å². The number of aryl methyl sites for hydroxylation is 1. The summed E-state index contributed by atoms with van der Waals surface area (Å²) in [5.41, 5.74) is 2.91. The largest absolute Gasteiger partial charge is 0.339 e. The quantitative estimate of drug-likeness (QED) is 0.631. The molecule has 1 aromatic heterocycles. The van der Waals surface area contributed by atoms with E-state index in [1.807, 2.05) is 6.20 Å². The van der Waals surface area contributed by atoms with Gasteiger partial charge in [-0.3, -0.25) is 9.59 Å². The molecule has 1 saturated heterocycles. The highest BCUT2D eigenvalue weighted by Gasteiger charge is 2.28. The molecule has 2 amide bonds. The van der Waals surface area contributed by atoms with Gasteiger partial charge in [0.15, 0.2) is 5.13 Å². The summed E-state index contributed by atoms with van der Waals surface area (Å²) in [5, 5.41) is 3.54. The van der Waals surface area contributed by atoms with E-state index < -0.39 is 0 Å². The summed E-state index contributed by atoms with van der Waals surface area (Å²) in [6, 6.07) is 13.9. The predicted molar refractivity (Wildman–Crippen MR) is 120 cm³/mol. The van der Waals surface area contributed by atoms with Crippen molar-refractivity contribution in [3.63, 3.8) is 0 Å². The van der Waals surface area contributed by atoms with E-state index in [0.717, 1.165) is 11.3 Å². The number of hydrogen-bond donors (Lipinski definition) is 1. The SMILES string of the molecule is Cc1ccc(Cc2cnc(NC(=O)C3CCN(C(=O)c4ccc(F)cc4)CC3)s2)cc1. The first-order chi connectivity index (χ1) is 15.0. The molecule has 0 saturated carbocycles. The number of amides is 2. The second-order valence-electron chi connectivity index (χ2n) is 7.86. The average Bonchev–Trinajstić information content (AvgIpc) is 3.22. The second-order valence-corrected chi connectivity index (χ2v) is 8.97. The number of hydrogen-bond acceptors (Lipinski definition) is 4. The van der Waals surface area contributed by atoms with Crippen molar-refractivity contribution in [3.8, 4) is 0 Å². The van der Waals surface area contributed by atoms with Crippen LogP contribution in [0.25, 0.3) is 0 Å². The molecule has 31 heavy (non-hydrogen) atoms. The van der Waals surface area contributed by atoms with Crippen molar-refractivity contribution >= 4 is 28.3 Å². The van der Waals surface area contributed by atoms with Gasteiger partial charge in [0, 0.05) is 42.1 Å². The monoisotopic (exact) mass is 437 g/mol. The zero-order chi connectivity index (χ0) is 21.8. The lowest BCUT2D eigenvalue weighted by atomic mass is 9.95. The number of nitrogens with one attached hydrogen (secondary N) is 1. The van der Waals surface area contributed by atoms with Crippen LogP contribution in [0.3, 0.4) is 0 Å². The molecular formula is C24H24FN3O2S. The molecule has 1 aliphatic rings. The van der Waals surface area contributed by atoms with E-state index in [2.05, 4.69) is 41.5 Å². The summed E-state index contributed by atoms with van der Waals surface area (Å²) >= 11 is 1.49. The molecule has 1 N–H and O–H groups in total. The van der Waals surface area contributed by atoms with Gasteiger partial charge in [-0.15, -0.1) is 11.3 Å². The van der Waals surface area contributed by atoms with Gasteiger partial charge in [-0.2, -0.15) is 0 Å². The predicted octanol–water partition coefficient (Wildman–Crippen LogP) is 4.67. The third-order valence-corrected chi connectivity index (χ3v) is 6.44. The Labute approximate surface area is 184 Å². The van der Waals surface area contributed by atoms with Gasteiger partial charge in [-0.05, 0) is 49.6 Å². The van der Waals surface area contributed by atoms with Crippen LogP contribution in [0.15, 0.2) is 54.7 Å². The van der Waals surface area contributed by atoms with E-state index in [9.17, 15) is 14.0 Å². The van der Waals surface area contributed by atoms with E-state index in [-0.39, 0.29) is 23.5 Å². The number of benzene rings is 2. The molecule has 160 valence electrons. The Morgan fingerprint density at radius 2 is 1.77 bits per heavy atom. The maximum absolute atomic E-state index is 13.1. The fraction of sp³-hybridized carbons (Fsp3) is 0.292. The Kier molecular flexibility index (Phi) is 6.42. The van der Waals surface area contributed by atoms with Crippen molar-refractivity contribution in [2.24, 2.45) is 5.92 Å². The molecule has 1 aliphatic heterocycles. The molecule has 2 aromatic carbocycles. The van der Waals surface area contributed by atoms with Gasteiger partial charge in [0.2, 0.25) is 5.91 Å². The number of nitrogens with zero attached hydrogens (tertiary/aromatic N) is 2. The van der Waals surface area contributed by atoms with Gasteiger partial charge in [-0.1, -0.05) is 29.8 Å². The molecule has 5 nitrogen and oxygen atoms in total. The third-order valence-electron chi connectivity index (χ3n) is 5.53. The van der Waals surface area contributed by atoms with Gasteiger partial charge in [0.25, 0.3) is 5.91 Å². The van der Waals surface area contributed by atoms with Crippen molar-refractivity contribution in [3.05, 3.63) is 82.1 Å². The van der Waals surface area contributed by atoms with Crippen LogP contribution >= 0.6 is 11.3 Å². The Hall–Kier alpha value is -3.06. The second kappa shape index (κ2) is 9.39. The van der Waals surface area contributed by atoms with Crippen molar-refractivity contribution in [2.45, 2.75) is 26.2 Å². The van der Waals surface area contributed by atoms with Gasteiger partial charge in [0.05, 0.1) is 0 Å². The number of thiazole rings is 1. The average molecular weight is 438 g/mol. The summed E-state index contributed by atoms with van der Waals surface area (Å²) in [4.78, 5) is 32.4. The van der Waals surface area contributed by atoms with Crippen LogP contribution in [0.5, 0.6) is 0 Å². The van der Waals surface area contributed by atoms with E-state index in [1.54, 1.807) is 4.90 Å². The molecule has 0 spiro atoms.